The maximum Gasteiger partial charge on any atom is 0.272 e. The topological polar surface area (TPSA) is 66.9 Å². The molecule has 8 heteroatoms. The standard InChI is InChI=1S/C16H17ClN4OS.ClH/c17-12-3-1-2-4-14(12)23-15-6-5-13(20-21-15)16(22)19-11-7-9-18-10-8-11;/h1-6,11,18H,7-10H2,(H,19,22);1H. The monoisotopic (exact) mass is 384 g/mol. The molecule has 1 amide bonds. The summed E-state index contributed by atoms with van der Waals surface area (Å²) in [5.41, 5.74) is 0.340. The number of rotatable bonds is 4. The molecule has 0 bridgehead atoms. The van der Waals surface area contributed by atoms with Gasteiger partial charge in [0, 0.05) is 10.9 Å². The molecule has 0 aliphatic carbocycles. The van der Waals surface area contributed by atoms with Crippen LogP contribution in [0.5, 0.6) is 0 Å². The Morgan fingerprint density at radius 2 is 1.92 bits per heavy atom. The Kier molecular flexibility index (Phi) is 7.30. The quantitative estimate of drug-likeness (QED) is 0.846. The van der Waals surface area contributed by atoms with Crippen molar-refractivity contribution in [1.29, 1.82) is 0 Å². The first kappa shape index (κ1) is 19.0. The molecule has 0 radical (unpaired) electrons. The van der Waals surface area contributed by atoms with E-state index in [9.17, 15) is 4.79 Å². The molecular weight excluding hydrogens is 367 g/mol. The Bertz CT molecular complexity index is 678. The normalized spacial score (nSPS) is 14.7. The number of aromatic nitrogens is 2. The number of nitrogens with one attached hydrogen (secondary N) is 2. The van der Waals surface area contributed by atoms with Crippen molar-refractivity contribution in [2.45, 2.75) is 28.8 Å². The number of carbonyl (C=O) groups is 1. The third kappa shape index (κ3) is 5.08. The zero-order chi connectivity index (χ0) is 16.1. The van der Waals surface area contributed by atoms with Crippen LogP contribution in [0.25, 0.3) is 0 Å². The van der Waals surface area contributed by atoms with E-state index in [0.29, 0.717) is 15.7 Å². The number of nitrogens with zero attached hydrogens (tertiary/aromatic N) is 2. The highest BCUT2D eigenvalue weighted by molar-refractivity contribution is 7.99. The van der Waals surface area contributed by atoms with Crippen molar-refractivity contribution in [2.75, 3.05) is 13.1 Å². The summed E-state index contributed by atoms with van der Waals surface area (Å²) in [7, 11) is 0. The van der Waals surface area contributed by atoms with Gasteiger partial charge in [-0.05, 0) is 50.2 Å². The van der Waals surface area contributed by atoms with Crippen LogP contribution in [-0.4, -0.2) is 35.2 Å². The van der Waals surface area contributed by atoms with Crippen LogP contribution in [0.15, 0.2) is 46.3 Å². The van der Waals surface area contributed by atoms with Crippen molar-refractivity contribution in [2.24, 2.45) is 0 Å². The number of hydrogen-bond acceptors (Lipinski definition) is 5. The average Bonchev–Trinajstić information content (AvgIpc) is 2.58. The summed E-state index contributed by atoms with van der Waals surface area (Å²) in [6.45, 7) is 1.87. The predicted octanol–water partition coefficient (Wildman–Crippen LogP) is 3.18. The Morgan fingerprint density at radius 1 is 1.17 bits per heavy atom. The van der Waals surface area contributed by atoms with Gasteiger partial charge >= 0.3 is 0 Å². The van der Waals surface area contributed by atoms with Gasteiger partial charge in [-0.2, -0.15) is 0 Å². The van der Waals surface area contributed by atoms with E-state index in [2.05, 4.69) is 20.8 Å². The minimum absolute atomic E-state index is 0. The highest BCUT2D eigenvalue weighted by atomic mass is 35.5. The Balaban J connectivity index is 0.00000208. The van der Waals surface area contributed by atoms with Gasteiger partial charge in [-0.3, -0.25) is 4.79 Å². The van der Waals surface area contributed by atoms with Gasteiger partial charge in [0.05, 0.1) is 5.02 Å². The summed E-state index contributed by atoms with van der Waals surface area (Å²) >= 11 is 7.55. The van der Waals surface area contributed by atoms with Gasteiger partial charge in [0.2, 0.25) is 0 Å². The van der Waals surface area contributed by atoms with Crippen molar-refractivity contribution in [3.63, 3.8) is 0 Å². The number of hydrogen-bond donors (Lipinski definition) is 2. The lowest BCUT2D eigenvalue weighted by Crippen LogP contribution is -2.42. The lowest BCUT2D eigenvalue weighted by Gasteiger charge is -2.23. The summed E-state index contributed by atoms with van der Waals surface area (Å²) in [4.78, 5) is 13.1. The fourth-order valence-electron chi connectivity index (χ4n) is 2.36. The smallest absolute Gasteiger partial charge is 0.272 e. The SMILES string of the molecule is Cl.O=C(NC1CCNCC1)c1ccc(Sc2ccccc2Cl)nn1. The third-order valence-electron chi connectivity index (χ3n) is 3.60. The number of amides is 1. The first-order valence-corrected chi connectivity index (χ1v) is 8.69. The molecule has 1 saturated heterocycles. The fraction of sp³-hybridized carbons (Fsp3) is 0.312. The van der Waals surface area contributed by atoms with E-state index in [1.807, 2.05) is 24.3 Å². The Labute approximate surface area is 156 Å². The van der Waals surface area contributed by atoms with Gasteiger partial charge < -0.3 is 10.6 Å². The molecule has 0 atom stereocenters. The van der Waals surface area contributed by atoms with E-state index in [0.717, 1.165) is 30.8 Å². The first-order valence-electron chi connectivity index (χ1n) is 7.50. The van der Waals surface area contributed by atoms with E-state index in [1.54, 1.807) is 12.1 Å². The number of piperidine rings is 1. The van der Waals surface area contributed by atoms with Crippen LogP contribution in [0.3, 0.4) is 0 Å². The molecule has 1 aliphatic rings. The van der Waals surface area contributed by atoms with Gasteiger partial charge in [0.25, 0.3) is 5.91 Å². The summed E-state index contributed by atoms with van der Waals surface area (Å²) in [6, 6.07) is 11.3. The molecule has 0 unspecified atom stereocenters. The van der Waals surface area contributed by atoms with Crippen molar-refractivity contribution in [3.8, 4) is 0 Å². The summed E-state index contributed by atoms with van der Waals surface area (Å²) in [6.07, 6.45) is 1.89. The molecule has 1 aliphatic heterocycles. The van der Waals surface area contributed by atoms with E-state index < -0.39 is 0 Å². The zero-order valence-corrected chi connectivity index (χ0v) is 15.3. The second-order valence-electron chi connectivity index (χ2n) is 5.29. The average molecular weight is 385 g/mol. The summed E-state index contributed by atoms with van der Waals surface area (Å²) in [5.74, 6) is -0.168. The maximum atomic E-state index is 12.2. The van der Waals surface area contributed by atoms with Crippen molar-refractivity contribution in [3.05, 3.63) is 47.1 Å². The minimum Gasteiger partial charge on any atom is -0.348 e. The van der Waals surface area contributed by atoms with E-state index in [4.69, 9.17) is 11.6 Å². The zero-order valence-electron chi connectivity index (χ0n) is 12.9. The van der Waals surface area contributed by atoms with Crippen LogP contribution < -0.4 is 10.6 Å². The van der Waals surface area contributed by atoms with Crippen molar-refractivity contribution in [1.82, 2.24) is 20.8 Å². The lowest BCUT2D eigenvalue weighted by atomic mass is 10.1. The van der Waals surface area contributed by atoms with Gasteiger partial charge in [-0.25, -0.2) is 0 Å². The van der Waals surface area contributed by atoms with Crippen LogP contribution in [0.4, 0.5) is 0 Å². The largest absolute Gasteiger partial charge is 0.348 e. The van der Waals surface area contributed by atoms with Gasteiger partial charge in [-0.1, -0.05) is 35.5 Å². The van der Waals surface area contributed by atoms with E-state index in [1.165, 1.54) is 11.8 Å². The van der Waals surface area contributed by atoms with Crippen LogP contribution in [0.2, 0.25) is 5.02 Å². The maximum absolute atomic E-state index is 12.2. The molecule has 2 N–H and O–H groups in total. The van der Waals surface area contributed by atoms with Crippen LogP contribution in [-0.2, 0) is 0 Å². The van der Waals surface area contributed by atoms with Gasteiger partial charge in [-0.15, -0.1) is 22.6 Å². The Morgan fingerprint density at radius 3 is 2.58 bits per heavy atom. The van der Waals surface area contributed by atoms with Gasteiger partial charge in [0.1, 0.15) is 5.03 Å². The van der Waals surface area contributed by atoms with Crippen LogP contribution >= 0.6 is 35.8 Å². The van der Waals surface area contributed by atoms with Crippen LogP contribution in [0, 0.1) is 0 Å². The highest BCUT2D eigenvalue weighted by Gasteiger charge is 2.17. The van der Waals surface area contributed by atoms with Crippen molar-refractivity contribution >= 4 is 41.7 Å². The first-order chi connectivity index (χ1) is 11.2. The highest BCUT2D eigenvalue weighted by Crippen LogP contribution is 2.31. The molecule has 1 aromatic heterocycles. The number of carbonyl (C=O) groups excluding carboxylic acids is 1. The van der Waals surface area contributed by atoms with Crippen LogP contribution in [0.1, 0.15) is 23.3 Å². The molecule has 128 valence electrons. The fourth-order valence-corrected chi connectivity index (χ4v) is 3.37. The number of halogens is 2. The van der Waals surface area contributed by atoms with E-state index >= 15 is 0 Å². The third-order valence-corrected chi connectivity index (χ3v) is 5.04. The van der Waals surface area contributed by atoms with E-state index in [-0.39, 0.29) is 24.4 Å². The summed E-state index contributed by atoms with van der Waals surface area (Å²) in [5, 5.41) is 15.8. The predicted molar refractivity (Wildman–Crippen MR) is 98.2 cm³/mol. The van der Waals surface area contributed by atoms with Crippen molar-refractivity contribution < 1.29 is 4.79 Å². The molecule has 0 spiro atoms. The summed E-state index contributed by atoms with van der Waals surface area (Å²) < 4.78 is 0. The second kappa shape index (κ2) is 9.22. The molecule has 1 aromatic carbocycles. The molecule has 2 aromatic rings. The number of benzene rings is 1. The van der Waals surface area contributed by atoms with Gasteiger partial charge in [0.15, 0.2) is 5.69 Å². The molecular formula is C16H18Cl2N4OS. The molecule has 2 heterocycles. The molecule has 0 saturated carbocycles. The molecule has 3 rings (SSSR count). The molecule has 1 fully saturated rings. The lowest BCUT2D eigenvalue weighted by molar-refractivity contribution is 0.0923. The second-order valence-corrected chi connectivity index (χ2v) is 6.76. The Hall–Kier alpha value is -1.34. The molecule has 5 nitrogen and oxygen atoms in total. The minimum atomic E-state index is -0.168. The molecule has 24 heavy (non-hydrogen) atoms.